The van der Waals surface area contributed by atoms with Gasteiger partial charge in [0.05, 0.1) is 44.5 Å². The van der Waals surface area contributed by atoms with Crippen LogP contribution in [0.3, 0.4) is 0 Å². The van der Waals surface area contributed by atoms with E-state index in [1.54, 1.807) is 28.0 Å². The van der Waals surface area contributed by atoms with Crippen LogP contribution in [0.4, 0.5) is 5.69 Å². The maximum Gasteiger partial charge on any atom is 0.289 e. The molecule has 0 unspecified atom stereocenters. The number of hydrogen-bond donors (Lipinski definition) is 0. The van der Waals surface area contributed by atoms with Gasteiger partial charge in [0.15, 0.2) is 5.76 Å². The molecule has 2 amide bonds. The summed E-state index contributed by atoms with van der Waals surface area (Å²) in [6.07, 6.45) is 4.50. The molecule has 2 aliphatic rings. The number of rotatable bonds is 2. The van der Waals surface area contributed by atoms with Crippen molar-refractivity contribution in [1.82, 2.24) is 4.90 Å². The van der Waals surface area contributed by atoms with Crippen LogP contribution in [-0.4, -0.2) is 61.8 Å². The Hall–Kier alpha value is -2.58. The topological polar surface area (TPSA) is 85.4 Å². The monoisotopic (exact) mass is 346 g/mol. The van der Waals surface area contributed by atoms with Crippen LogP contribution in [0.5, 0.6) is 0 Å². The van der Waals surface area contributed by atoms with E-state index in [2.05, 4.69) is 0 Å². The molecular weight excluding hydrogens is 328 g/mol. The van der Waals surface area contributed by atoms with Gasteiger partial charge in [-0.2, -0.15) is 0 Å². The van der Waals surface area contributed by atoms with Crippen LogP contribution in [0, 0.1) is 0 Å². The van der Waals surface area contributed by atoms with E-state index in [0.29, 0.717) is 32.0 Å². The van der Waals surface area contributed by atoms with Crippen LogP contribution in [0.1, 0.15) is 10.6 Å². The zero-order valence-corrected chi connectivity index (χ0v) is 13.6. The first-order valence-electron chi connectivity index (χ1n) is 8.04. The van der Waals surface area contributed by atoms with Gasteiger partial charge >= 0.3 is 0 Å². The molecule has 2 aliphatic heterocycles. The average molecular weight is 346 g/mol. The van der Waals surface area contributed by atoms with Crippen LogP contribution in [0.25, 0.3) is 0 Å². The van der Waals surface area contributed by atoms with Crippen LogP contribution < -0.4 is 4.90 Å². The van der Waals surface area contributed by atoms with Crippen LogP contribution in [0.2, 0.25) is 0 Å². The van der Waals surface area contributed by atoms with Gasteiger partial charge in [-0.1, -0.05) is 0 Å². The lowest BCUT2D eigenvalue weighted by Crippen LogP contribution is -2.61. The van der Waals surface area contributed by atoms with Gasteiger partial charge in [-0.25, -0.2) is 0 Å². The molecule has 0 aromatic carbocycles. The number of anilines is 1. The Bertz CT molecular complexity index is 741. The number of amides is 2. The molecule has 1 spiro atoms. The number of nitrogens with zero attached hydrogens (tertiary/aromatic N) is 2. The Kier molecular flexibility index (Phi) is 4.06. The summed E-state index contributed by atoms with van der Waals surface area (Å²) in [5.74, 6) is -0.0963. The van der Waals surface area contributed by atoms with E-state index in [9.17, 15) is 9.59 Å². The third kappa shape index (κ3) is 3.06. The largest absolute Gasteiger partial charge is 0.470 e. The predicted molar refractivity (Wildman–Crippen MR) is 85.2 cm³/mol. The summed E-state index contributed by atoms with van der Waals surface area (Å²) in [6, 6.07) is 5.03. The summed E-state index contributed by atoms with van der Waals surface area (Å²) in [5, 5.41) is 0. The van der Waals surface area contributed by atoms with Gasteiger partial charge in [0.1, 0.15) is 18.5 Å². The highest BCUT2D eigenvalue weighted by molar-refractivity contribution is 5.95. The van der Waals surface area contributed by atoms with Crippen molar-refractivity contribution in [3.05, 3.63) is 42.7 Å². The molecule has 4 heterocycles. The van der Waals surface area contributed by atoms with Gasteiger partial charge in [-0.15, -0.1) is 0 Å². The summed E-state index contributed by atoms with van der Waals surface area (Å²) < 4.78 is 21.8. The first kappa shape index (κ1) is 15.9. The Morgan fingerprint density at radius 1 is 1.20 bits per heavy atom. The van der Waals surface area contributed by atoms with E-state index in [4.69, 9.17) is 18.3 Å². The molecule has 2 aromatic rings. The SMILES string of the molecule is O=C(c1ccco1)N1CCOC[C@]2(C1)CN(c1ccoc1)C(=O)CO2. The second-order valence-corrected chi connectivity index (χ2v) is 6.19. The molecular formula is C17H18N2O6. The Labute approximate surface area is 143 Å². The van der Waals surface area contributed by atoms with Crippen LogP contribution in [0.15, 0.2) is 45.8 Å². The van der Waals surface area contributed by atoms with Crippen molar-refractivity contribution in [3.63, 3.8) is 0 Å². The third-order valence-corrected chi connectivity index (χ3v) is 4.44. The summed E-state index contributed by atoms with van der Waals surface area (Å²) >= 11 is 0. The minimum absolute atomic E-state index is 0.0721. The van der Waals surface area contributed by atoms with Crippen LogP contribution >= 0.6 is 0 Å². The number of carbonyl (C=O) groups excluding carboxylic acids is 2. The fourth-order valence-electron chi connectivity index (χ4n) is 3.18. The second kappa shape index (κ2) is 6.38. The highest BCUT2D eigenvalue weighted by Crippen LogP contribution is 2.28. The molecule has 8 nitrogen and oxygen atoms in total. The van der Waals surface area contributed by atoms with E-state index in [-0.39, 0.29) is 30.7 Å². The van der Waals surface area contributed by atoms with Crippen molar-refractivity contribution in [1.29, 1.82) is 0 Å². The van der Waals surface area contributed by atoms with E-state index in [1.807, 2.05) is 0 Å². The van der Waals surface area contributed by atoms with Crippen molar-refractivity contribution >= 4 is 17.5 Å². The smallest absolute Gasteiger partial charge is 0.289 e. The molecule has 132 valence electrons. The second-order valence-electron chi connectivity index (χ2n) is 6.19. The normalized spacial score (nSPS) is 24.6. The van der Waals surface area contributed by atoms with Crippen molar-refractivity contribution in [2.75, 3.05) is 44.4 Å². The lowest BCUT2D eigenvalue weighted by molar-refractivity contribution is -0.145. The fraction of sp³-hybridized carbons (Fsp3) is 0.412. The fourth-order valence-corrected chi connectivity index (χ4v) is 3.18. The lowest BCUT2D eigenvalue weighted by atomic mass is 10.0. The van der Waals surface area contributed by atoms with Gasteiger partial charge in [0.25, 0.3) is 11.8 Å². The third-order valence-electron chi connectivity index (χ3n) is 4.44. The molecule has 0 saturated carbocycles. The molecule has 2 fully saturated rings. The molecule has 2 aromatic heterocycles. The van der Waals surface area contributed by atoms with E-state index in [0.717, 1.165) is 0 Å². The predicted octanol–water partition coefficient (Wildman–Crippen LogP) is 1.15. The van der Waals surface area contributed by atoms with Crippen molar-refractivity contribution in [3.8, 4) is 0 Å². The van der Waals surface area contributed by atoms with Gasteiger partial charge in [0, 0.05) is 12.6 Å². The zero-order valence-electron chi connectivity index (χ0n) is 13.6. The Morgan fingerprint density at radius 3 is 2.88 bits per heavy atom. The minimum Gasteiger partial charge on any atom is -0.470 e. The number of ether oxygens (including phenoxy) is 2. The molecule has 2 saturated heterocycles. The molecule has 0 aliphatic carbocycles. The van der Waals surface area contributed by atoms with Gasteiger partial charge < -0.3 is 28.1 Å². The van der Waals surface area contributed by atoms with Gasteiger partial charge in [0.2, 0.25) is 0 Å². The standard InChI is InChI=1S/C17H18N2O6/c20-15-9-25-17(11-19(15)13-3-6-22-8-13)10-18(4-7-23-12-17)16(21)14-2-1-5-24-14/h1-3,5-6,8H,4,7,9-12H2/t17-/m0/s1. The summed E-state index contributed by atoms with van der Waals surface area (Å²) in [6.45, 7) is 1.66. The Balaban J connectivity index is 1.57. The molecule has 8 heteroatoms. The minimum atomic E-state index is -0.788. The molecule has 4 rings (SSSR count). The first-order valence-corrected chi connectivity index (χ1v) is 8.04. The number of carbonyl (C=O) groups is 2. The zero-order chi connectivity index (χ0) is 17.3. The maximum atomic E-state index is 12.6. The molecule has 1 atom stereocenters. The Morgan fingerprint density at radius 2 is 2.12 bits per heavy atom. The highest BCUT2D eigenvalue weighted by atomic mass is 16.6. The number of furan rings is 2. The summed E-state index contributed by atoms with van der Waals surface area (Å²) in [4.78, 5) is 28.1. The van der Waals surface area contributed by atoms with Gasteiger partial charge in [-0.3, -0.25) is 9.59 Å². The van der Waals surface area contributed by atoms with Gasteiger partial charge in [-0.05, 0) is 12.1 Å². The molecule has 0 bridgehead atoms. The number of morpholine rings is 1. The molecule has 25 heavy (non-hydrogen) atoms. The summed E-state index contributed by atoms with van der Waals surface area (Å²) in [7, 11) is 0. The van der Waals surface area contributed by atoms with Crippen molar-refractivity contribution < 1.29 is 27.9 Å². The van der Waals surface area contributed by atoms with Crippen molar-refractivity contribution in [2.45, 2.75) is 5.60 Å². The first-order chi connectivity index (χ1) is 12.2. The van der Waals surface area contributed by atoms with E-state index in [1.165, 1.54) is 18.8 Å². The average Bonchev–Trinajstić information content (AvgIpc) is 3.30. The van der Waals surface area contributed by atoms with E-state index < -0.39 is 5.60 Å². The van der Waals surface area contributed by atoms with Crippen LogP contribution in [-0.2, 0) is 14.3 Å². The molecule has 0 radical (unpaired) electrons. The quantitative estimate of drug-likeness (QED) is 0.811. The van der Waals surface area contributed by atoms with Crippen molar-refractivity contribution in [2.24, 2.45) is 0 Å². The molecule has 0 N–H and O–H groups in total. The highest BCUT2D eigenvalue weighted by Gasteiger charge is 2.44. The maximum absolute atomic E-state index is 12.6. The van der Waals surface area contributed by atoms with E-state index >= 15 is 0 Å². The number of hydrogen-bond acceptors (Lipinski definition) is 6. The lowest BCUT2D eigenvalue weighted by Gasteiger charge is -2.42. The summed E-state index contributed by atoms with van der Waals surface area (Å²) in [5.41, 5.74) is -0.120.